The van der Waals surface area contributed by atoms with Crippen LogP contribution in [0.1, 0.15) is 0 Å². The molecule has 0 aromatic heterocycles. The molecule has 6 aromatic rings. The minimum Gasteiger partial charge on any atom is -0.508 e. The summed E-state index contributed by atoms with van der Waals surface area (Å²) < 4.78 is 27.3. The fraction of sp³-hybridized carbons (Fsp3) is 0. The van der Waals surface area contributed by atoms with Gasteiger partial charge in [0.05, 0.1) is 0 Å². The van der Waals surface area contributed by atoms with E-state index in [0.717, 1.165) is 48.5 Å². The third-order valence-electron chi connectivity index (χ3n) is 7.57. The molecule has 6 rings (SSSR count). The molecule has 0 saturated carbocycles. The third-order valence-corrected chi connectivity index (χ3v) is 7.57. The molecular formula is C36H26O21. The molecule has 0 bridgehead atoms. The number of phenols is 16. The van der Waals surface area contributed by atoms with Crippen molar-refractivity contribution in [3.8, 4) is 149 Å². The second-order valence-electron chi connectivity index (χ2n) is 11.6. The van der Waals surface area contributed by atoms with Crippen LogP contribution in [0.4, 0.5) is 0 Å². The summed E-state index contributed by atoms with van der Waals surface area (Å²) >= 11 is 0. The van der Waals surface area contributed by atoms with Crippen LogP contribution in [0.5, 0.6) is 149 Å². The molecule has 57 heavy (non-hydrogen) atoms. The van der Waals surface area contributed by atoms with Gasteiger partial charge in [0.15, 0.2) is 69.0 Å². The molecule has 0 aliphatic heterocycles. The highest BCUT2D eigenvalue weighted by atomic mass is 16.5. The van der Waals surface area contributed by atoms with E-state index in [2.05, 4.69) is 0 Å². The summed E-state index contributed by atoms with van der Waals surface area (Å²) in [5, 5.41) is 164. The van der Waals surface area contributed by atoms with Crippen molar-refractivity contribution in [1.29, 1.82) is 0 Å². The molecule has 6 aromatic carbocycles. The Hall–Kier alpha value is -8.88. The van der Waals surface area contributed by atoms with Crippen LogP contribution in [0.25, 0.3) is 0 Å². The summed E-state index contributed by atoms with van der Waals surface area (Å²) in [5.74, 6) is -21.8. The number of hydrogen-bond acceptors (Lipinski definition) is 21. The van der Waals surface area contributed by atoms with Crippen LogP contribution < -0.4 is 23.7 Å². The fourth-order valence-electron chi connectivity index (χ4n) is 4.91. The quantitative estimate of drug-likeness (QED) is 0.0713. The van der Waals surface area contributed by atoms with Gasteiger partial charge in [-0.2, -0.15) is 0 Å². The van der Waals surface area contributed by atoms with Crippen LogP contribution in [-0.4, -0.2) is 81.7 Å². The zero-order chi connectivity index (χ0) is 41.6. The van der Waals surface area contributed by atoms with Crippen LogP contribution in [0, 0.1) is 0 Å². The molecule has 296 valence electrons. The van der Waals surface area contributed by atoms with Crippen LogP contribution in [0.3, 0.4) is 0 Å². The smallest absolute Gasteiger partial charge is 0.215 e. The molecule has 0 fully saturated rings. The first-order valence-electron chi connectivity index (χ1n) is 15.4. The lowest BCUT2D eigenvalue weighted by Crippen LogP contribution is -1.95. The van der Waals surface area contributed by atoms with E-state index in [4.69, 9.17) is 23.7 Å². The summed E-state index contributed by atoms with van der Waals surface area (Å²) in [7, 11) is 0. The Bertz CT molecular complexity index is 2520. The number of benzene rings is 6. The lowest BCUT2D eigenvalue weighted by atomic mass is 10.2. The van der Waals surface area contributed by atoms with E-state index in [1.54, 1.807) is 0 Å². The Morgan fingerprint density at radius 3 is 1.04 bits per heavy atom. The highest BCUT2D eigenvalue weighted by Gasteiger charge is 2.27. The van der Waals surface area contributed by atoms with Crippen LogP contribution >= 0.6 is 0 Å². The Balaban J connectivity index is 1.34. The first-order chi connectivity index (χ1) is 26.8. The van der Waals surface area contributed by atoms with Gasteiger partial charge in [0, 0.05) is 60.7 Å². The SMILES string of the molecule is Oc1cc(O)c(Oc2cc(O)c(O)c(Oc3cc(O)c(O)c(O)c3Oc3cc(O)c(Oc4cc(O)c(O)c(O)c4Oc4cc(O)c(O)c(O)c4)c(O)c3)c2)c(O)c1. The molecule has 0 aliphatic rings. The molecule has 21 heteroatoms. The van der Waals surface area contributed by atoms with E-state index >= 15 is 0 Å². The maximum Gasteiger partial charge on any atom is 0.215 e. The van der Waals surface area contributed by atoms with Gasteiger partial charge in [-0.1, -0.05) is 0 Å². The van der Waals surface area contributed by atoms with Crippen molar-refractivity contribution in [3.63, 3.8) is 0 Å². The maximum absolute atomic E-state index is 10.9. The largest absolute Gasteiger partial charge is 0.508 e. The van der Waals surface area contributed by atoms with Gasteiger partial charge >= 0.3 is 0 Å². The average molecular weight is 795 g/mol. The summed E-state index contributed by atoms with van der Waals surface area (Å²) in [6, 6.07) is 7.73. The predicted molar refractivity (Wildman–Crippen MR) is 186 cm³/mol. The minimum absolute atomic E-state index is 0.403. The van der Waals surface area contributed by atoms with Crippen LogP contribution in [0.2, 0.25) is 0 Å². The van der Waals surface area contributed by atoms with Crippen molar-refractivity contribution < 1.29 is 105 Å². The monoisotopic (exact) mass is 794 g/mol. The fourth-order valence-corrected chi connectivity index (χ4v) is 4.91. The molecule has 0 spiro atoms. The van der Waals surface area contributed by atoms with Crippen molar-refractivity contribution in [1.82, 2.24) is 0 Å². The lowest BCUT2D eigenvalue weighted by Gasteiger charge is -2.18. The van der Waals surface area contributed by atoms with E-state index in [9.17, 15) is 81.7 Å². The number of rotatable bonds is 10. The molecule has 0 aliphatic carbocycles. The second kappa shape index (κ2) is 14.2. The predicted octanol–water partition coefficient (Wildman–Crippen LogP) is 5.94. The Morgan fingerprint density at radius 2 is 0.561 bits per heavy atom. The van der Waals surface area contributed by atoms with Gasteiger partial charge < -0.3 is 105 Å². The number of ether oxygens (including phenoxy) is 5. The lowest BCUT2D eigenvalue weighted by molar-refractivity contribution is 0.320. The first-order valence-corrected chi connectivity index (χ1v) is 15.4. The summed E-state index contributed by atoms with van der Waals surface area (Å²) in [5.41, 5.74) is 0. The average Bonchev–Trinajstić information content (AvgIpc) is 3.13. The topological polar surface area (TPSA) is 370 Å². The first kappa shape index (κ1) is 37.9. The van der Waals surface area contributed by atoms with Crippen molar-refractivity contribution in [3.05, 3.63) is 60.7 Å². The molecule has 0 amide bonds. The Kier molecular flexibility index (Phi) is 9.41. The molecule has 0 radical (unpaired) electrons. The molecule has 0 atom stereocenters. The summed E-state index contributed by atoms with van der Waals surface area (Å²) in [4.78, 5) is 0. The van der Waals surface area contributed by atoms with Gasteiger partial charge in [0.2, 0.25) is 57.5 Å². The van der Waals surface area contributed by atoms with Gasteiger partial charge in [-0.15, -0.1) is 0 Å². The van der Waals surface area contributed by atoms with Crippen molar-refractivity contribution in [2.75, 3.05) is 0 Å². The minimum atomic E-state index is -1.21. The molecule has 21 nitrogen and oxygen atoms in total. The third kappa shape index (κ3) is 7.24. The number of hydrogen-bond donors (Lipinski definition) is 16. The van der Waals surface area contributed by atoms with Crippen LogP contribution in [-0.2, 0) is 0 Å². The van der Waals surface area contributed by atoms with E-state index in [-0.39, 0.29) is 0 Å². The summed E-state index contributed by atoms with van der Waals surface area (Å²) in [6.07, 6.45) is 0. The van der Waals surface area contributed by atoms with Gasteiger partial charge in [-0.3, -0.25) is 0 Å². The molecular weight excluding hydrogens is 768 g/mol. The maximum atomic E-state index is 10.9. The van der Waals surface area contributed by atoms with Crippen LogP contribution in [0.15, 0.2) is 60.7 Å². The number of phenolic OH excluding ortho intramolecular Hbond substituents is 16. The molecule has 0 unspecified atom stereocenters. The van der Waals surface area contributed by atoms with Gasteiger partial charge in [0.1, 0.15) is 23.0 Å². The molecule has 0 heterocycles. The standard InChI is InChI=1S/C36H26O21/c37-11-1-20(43)33(21(44)2-11)53-14-5-17(40)28(48)24(8-14)56-25-9-18(41)29(49)31(51)35(25)55-13-6-22(45)34(23(46)7-13)57-26-10-19(42)30(50)32(52)36(26)54-12-3-15(38)27(47)16(39)4-12/h1-10,37-52H. The van der Waals surface area contributed by atoms with E-state index in [1.165, 1.54) is 0 Å². The summed E-state index contributed by atoms with van der Waals surface area (Å²) in [6.45, 7) is 0. The van der Waals surface area contributed by atoms with Gasteiger partial charge in [-0.05, 0) is 0 Å². The van der Waals surface area contributed by atoms with Gasteiger partial charge in [0.25, 0.3) is 0 Å². The Morgan fingerprint density at radius 1 is 0.228 bits per heavy atom. The van der Waals surface area contributed by atoms with E-state index < -0.39 is 149 Å². The normalized spacial score (nSPS) is 10.9. The van der Waals surface area contributed by atoms with Gasteiger partial charge in [-0.25, -0.2) is 0 Å². The molecule has 16 N–H and O–H groups in total. The number of aromatic hydroxyl groups is 16. The highest BCUT2D eigenvalue weighted by molar-refractivity contribution is 5.69. The zero-order valence-electron chi connectivity index (χ0n) is 28.0. The van der Waals surface area contributed by atoms with Crippen molar-refractivity contribution in [2.24, 2.45) is 0 Å². The highest BCUT2D eigenvalue weighted by Crippen LogP contribution is 2.56. The van der Waals surface area contributed by atoms with Crippen molar-refractivity contribution >= 4 is 0 Å². The van der Waals surface area contributed by atoms with Crippen molar-refractivity contribution in [2.45, 2.75) is 0 Å². The molecule has 0 saturated heterocycles. The second-order valence-corrected chi connectivity index (χ2v) is 11.6. The van der Waals surface area contributed by atoms with E-state index in [0.29, 0.717) is 12.1 Å². The zero-order valence-corrected chi connectivity index (χ0v) is 28.0. The Labute approximate surface area is 315 Å². The van der Waals surface area contributed by atoms with E-state index in [1.807, 2.05) is 0 Å².